The summed E-state index contributed by atoms with van der Waals surface area (Å²) in [6, 6.07) is 5.97. The second-order valence-corrected chi connectivity index (χ2v) is 6.29. The van der Waals surface area contributed by atoms with Crippen molar-refractivity contribution in [1.82, 2.24) is 9.88 Å². The Labute approximate surface area is 154 Å². The molecule has 27 heavy (non-hydrogen) atoms. The third kappa shape index (κ3) is 4.27. The molecule has 1 aliphatic rings. The molecule has 0 spiro atoms. The fourth-order valence-electron chi connectivity index (χ4n) is 2.92. The van der Waals surface area contributed by atoms with Crippen LogP contribution in [0, 0.1) is 17.5 Å². The first-order valence-corrected chi connectivity index (χ1v) is 8.68. The summed E-state index contributed by atoms with van der Waals surface area (Å²) in [5.41, 5.74) is -0.528. The quantitative estimate of drug-likeness (QED) is 0.829. The van der Waals surface area contributed by atoms with E-state index in [0.717, 1.165) is 31.7 Å². The topological polar surface area (TPSA) is 62.3 Å². The number of nitrogens with one attached hydrogen (secondary N) is 1. The van der Waals surface area contributed by atoms with Gasteiger partial charge in [-0.3, -0.25) is 9.59 Å². The third-order valence-electron chi connectivity index (χ3n) is 4.38. The minimum Gasteiger partial charge on any atom is -0.337 e. The Balaban J connectivity index is 1.77. The molecule has 5 nitrogen and oxygen atoms in total. The van der Waals surface area contributed by atoms with Crippen LogP contribution in [0.2, 0.25) is 0 Å². The van der Waals surface area contributed by atoms with Gasteiger partial charge in [-0.05, 0) is 37.1 Å². The molecule has 8 heteroatoms. The molecule has 1 aromatic heterocycles. The number of pyridine rings is 1. The van der Waals surface area contributed by atoms with E-state index in [1.807, 2.05) is 0 Å². The van der Waals surface area contributed by atoms with Crippen LogP contribution in [0.15, 0.2) is 30.3 Å². The van der Waals surface area contributed by atoms with Gasteiger partial charge in [-0.1, -0.05) is 18.9 Å². The lowest BCUT2D eigenvalue weighted by Crippen LogP contribution is -2.32. The van der Waals surface area contributed by atoms with Gasteiger partial charge in [0.05, 0.1) is 5.69 Å². The van der Waals surface area contributed by atoms with Crippen LogP contribution in [0.5, 0.6) is 0 Å². The van der Waals surface area contributed by atoms with Crippen molar-refractivity contribution in [2.45, 2.75) is 25.7 Å². The largest absolute Gasteiger partial charge is 0.337 e. The molecule has 1 aliphatic heterocycles. The minimum atomic E-state index is -1.68. The van der Waals surface area contributed by atoms with Crippen molar-refractivity contribution in [3.05, 3.63) is 59.2 Å². The van der Waals surface area contributed by atoms with Crippen molar-refractivity contribution < 1.29 is 22.8 Å². The molecule has 0 saturated carbocycles. The van der Waals surface area contributed by atoms with E-state index in [2.05, 4.69) is 10.3 Å². The number of aromatic nitrogens is 1. The second kappa shape index (κ2) is 8.20. The molecular weight excluding hydrogens is 359 g/mol. The van der Waals surface area contributed by atoms with E-state index in [-0.39, 0.29) is 17.3 Å². The normalized spacial score (nSPS) is 14.6. The fraction of sp³-hybridized carbons (Fsp3) is 0.316. The number of rotatable bonds is 3. The third-order valence-corrected chi connectivity index (χ3v) is 4.38. The highest BCUT2D eigenvalue weighted by Gasteiger charge is 2.21. The zero-order valence-corrected chi connectivity index (χ0v) is 14.5. The van der Waals surface area contributed by atoms with Crippen LogP contribution in [0.1, 0.15) is 46.7 Å². The molecule has 2 heterocycles. The number of halogens is 3. The van der Waals surface area contributed by atoms with Crippen LogP contribution < -0.4 is 5.32 Å². The maximum Gasteiger partial charge on any atom is 0.274 e. The predicted molar refractivity (Wildman–Crippen MR) is 92.9 cm³/mol. The van der Waals surface area contributed by atoms with E-state index in [1.165, 1.54) is 18.2 Å². The maximum atomic E-state index is 13.7. The molecule has 142 valence electrons. The fourth-order valence-corrected chi connectivity index (χ4v) is 2.92. The summed E-state index contributed by atoms with van der Waals surface area (Å²) in [4.78, 5) is 30.6. The smallest absolute Gasteiger partial charge is 0.274 e. The van der Waals surface area contributed by atoms with E-state index in [4.69, 9.17) is 0 Å². The lowest BCUT2D eigenvalue weighted by Gasteiger charge is -2.19. The monoisotopic (exact) mass is 377 g/mol. The Kier molecular flexibility index (Phi) is 5.73. The van der Waals surface area contributed by atoms with E-state index >= 15 is 0 Å². The van der Waals surface area contributed by atoms with Gasteiger partial charge >= 0.3 is 0 Å². The van der Waals surface area contributed by atoms with Gasteiger partial charge in [0.1, 0.15) is 11.4 Å². The molecule has 0 radical (unpaired) electrons. The molecule has 0 atom stereocenters. The number of hydrogen-bond donors (Lipinski definition) is 1. The average molecular weight is 377 g/mol. The number of carbonyl (C=O) groups is 2. The molecule has 1 saturated heterocycles. The molecule has 0 aliphatic carbocycles. The molecule has 0 bridgehead atoms. The standard InChI is InChI=1S/C19H18F3N3O2/c20-12-8-9-13(17(22)16(12)21)24-18(26)14-6-5-7-15(23-14)19(27)25-10-3-1-2-4-11-25/h5-9H,1-4,10-11H2,(H,24,26). The first kappa shape index (κ1) is 18.9. The molecular formula is C19H18F3N3O2. The van der Waals surface area contributed by atoms with Gasteiger partial charge in [0.25, 0.3) is 11.8 Å². The zero-order valence-electron chi connectivity index (χ0n) is 14.5. The Morgan fingerprint density at radius 3 is 2.26 bits per heavy atom. The number of benzene rings is 1. The molecule has 2 aromatic rings. The summed E-state index contributed by atoms with van der Waals surface area (Å²) in [7, 11) is 0. The molecule has 3 rings (SSSR count). The van der Waals surface area contributed by atoms with Crippen LogP contribution in [-0.2, 0) is 0 Å². The van der Waals surface area contributed by atoms with Crippen molar-refractivity contribution in [3.8, 4) is 0 Å². The van der Waals surface area contributed by atoms with Gasteiger partial charge in [0.15, 0.2) is 17.5 Å². The Bertz CT molecular complexity index is 865. The van der Waals surface area contributed by atoms with E-state index in [9.17, 15) is 22.8 Å². The highest BCUT2D eigenvalue weighted by molar-refractivity contribution is 6.03. The number of hydrogen-bond acceptors (Lipinski definition) is 3. The highest BCUT2D eigenvalue weighted by Crippen LogP contribution is 2.20. The first-order chi connectivity index (χ1) is 13.0. The maximum absolute atomic E-state index is 13.7. The van der Waals surface area contributed by atoms with E-state index in [0.29, 0.717) is 19.2 Å². The lowest BCUT2D eigenvalue weighted by molar-refractivity contribution is 0.0755. The van der Waals surface area contributed by atoms with Crippen LogP contribution in [0.3, 0.4) is 0 Å². The molecule has 1 aromatic carbocycles. The summed E-state index contributed by atoms with van der Waals surface area (Å²) >= 11 is 0. The Hall–Kier alpha value is -2.90. The molecule has 0 unspecified atom stereocenters. The van der Waals surface area contributed by atoms with Crippen LogP contribution in [0.25, 0.3) is 0 Å². The summed E-state index contributed by atoms with van der Waals surface area (Å²) in [6.07, 6.45) is 3.97. The first-order valence-electron chi connectivity index (χ1n) is 8.68. The van der Waals surface area contributed by atoms with Gasteiger partial charge in [-0.15, -0.1) is 0 Å². The number of likely N-dealkylation sites (tertiary alicyclic amines) is 1. The molecule has 1 N–H and O–H groups in total. The second-order valence-electron chi connectivity index (χ2n) is 6.29. The van der Waals surface area contributed by atoms with Crippen molar-refractivity contribution in [2.75, 3.05) is 18.4 Å². The van der Waals surface area contributed by atoms with E-state index in [1.54, 1.807) is 4.90 Å². The number of carbonyl (C=O) groups excluding carboxylic acids is 2. The van der Waals surface area contributed by atoms with Crippen LogP contribution >= 0.6 is 0 Å². The Morgan fingerprint density at radius 1 is 0.889 bits per heavy atom. The van der Waals surface area contributed by atoms with Gasteiger partial charge in [0, 0.05) is 13.1 Å². The van der Waals surface area contributed by atoms with Gasteiger partial charge in [-0.2, -0.15) is 0 Å². The number of anilines is 1. The lowest BCUT2D eigenvalue weighted by atomic mass is 10.2. The SMILES string of the molecule is O=C(Nc1ccc(F)c(F)c1F)c1cccc(C(=O)N2CCCCCC2)n1. The molecule has 2 amide bonds. The van der Waals surface area contributed by atoms with Crippen molar-refractivity contribution in [3.63, 3.8) is 0 Å². The predicted octanol–water partition coefficient (Wildman–Crippen LogP) is 3.77. The van der Waals surface area contributed by atoms with E-state index < -0.39 is 29.0 Å². The zero-order chi connectivity index (χ0) is 19.4. The summed E-state index contributed by atoms with van der Waals surface area (Å²) < 4.78 is 40.0. The minimum absolute atomic E-state index is 0.107. The summed E-state index contributed by atoms with van der Waals surface area (Å²) in [5, 5.41) is 2.14. The number of nitrogens with zero attached hydrogens (tertiary/aromatic N) is 2. The van der Waals surface area contributed by atoms with Gasteiger partial charge in [-0.25, -0.2) is 18.2 Å². The Morgan fingerprint density at radius 2 is 1.56 bits per heavy atom. The summed E-state index contributed by atoms with van der Waals surface area (Å²) in [6.45, 7) is 1.27. The molecule has 1 fully saturated rings. The van der Waals surface area contributed by atoms with Gasteiger partial charge in [0.2, 0.25) is 0 Å². The van der Waals surface area contributed by atoms with Gasteiger partial charge < -0.3 is 10.2 Å². The van der Waals surface area contributed by atoms with Crippen molar-refractivity contribution >= 4 is 17.5 Å². The van der Waals surface area contributed by atoms with Crippen molar-refractivity contribution in [1.29, 1.82) is 0 Å². The summed E-state index contributed by atoms with van der Waals surface area (Å²) in [5.74, 6) is -5.63. The van der Waals surface area contributed by atoms with Crippen LogP contribution in [0.4, 0.5) is 18.9 Å². The van der Waals surface area contributed by atoms with Crippen LogP contribution in [-0.4, -0.2) is 34.8 Å². The number of amides is 2. The highest BCUT2D eigenvalue weighted by atomic mass is 19.2. The average Bonchev–Trinajstić information content (AvgIpc) is 2.97. The van der Waals surface area contributed by atoms with Crippen molar-refractivity contribution in [2.24, 2.45) is 0 Å².